The number of nitrogens with one attached hydrogen (secondary N) is 1. The van der Waals surface area contributed by atoms with Crippen molar-refractivity contribution in [2.24, 2.45) is 9.98 Å². The summed E-state index contributed by atoms with van der Waals surface area (Å²) in [5.74, 6) is 0.432. The molecule has 8 heteroatoms. The average Bonchev–Trinajstić information content (AvgIpc) is 3.23. The molecule has 35 heavy (non-hydrogen) atoms. The molecule has 1 fully saturated rings. The fourth-order valence-corrected chi connectivity index (χ4v) is 5.77. The van der Waals surface area contributed by atoms with Crippen LogP contribution < -0.4 is 5.32 Å². The van der Waals surface area contributed by atoms with Gasteiger partial charge in [0.05, 0.1) is 11.4 Å². The molecular weight excluding hydrogens is 460 g/mol. The highest BCUT2D eigenvalue weighted by Gasteiger charge is 2.41. The van der Waals surface area contributed by atoms with Crippen LogP contribution in [0.15, 0.2) is 64.6 Å². The van der Waals surface area contributed by atoms with Crippen molar-refractivity contribution in [3.63, 3.8) is 0 Å². The predicted molar refractivity (Wildman–Crippen MR) is 138 cm³/mol. The normalized spacial score (nSPS) is 19.5. The van der Waals surface area contributed by atoms with Crippen molar-refractivity contribution in [3.8, 4) is 0 Å². The lowest BCUT2D eigenvalue weighted by atomic mass is 9.95. The van der Waals surface area contributed by atoms with E-state index >= 15 is 0 Å². The largest absolute Gasteiger partial charge is 0.353 e. The number of aliphatic imine (C=N–C) groups is 2. The van der Waals surface area contributed by atoms with E-state index in [4.69, 9.17) is 4.99 Å². The van der Waals surface area contributed by atoms with Gasteiger partial charge in [-0.15, -0.1) is 0 Å². The fraction of sp³-hybridized carbons (Fsp3) is 0.370. The summed E-state index contributed by atoms with van der Waals surface area (Å²) in [6.45, 7) is 0. The monoisotopic (exact) mass is 488 g/mol. The lowest BCUT2D eigenvalue weighted by Gasteiger charge is -2.31. The van der Waals surface area contributed by atoms with Crippen molar-refractivity contribution in [1.82, 2.24) is 10.2 Å². The summed E-state index contributed by atoms with van der Waals surface area (Å²) in [5, 5.41) is 3.69. The number of ketones is 1. The SMILES string of the molecule is O=C(CCC1C(=O)N=C2c3ccccc3N=C(SCC(=O)c3ccccc3)N21)NC1CCCCC1. The van der Waals surface area contributed by atoms with Crippen LogP contribution in [0.1, 0.15) is 60.9 Å². The number of para-hydroxylation sites is 1. The second-order valence-corrected chi connectivity index (χ2v) is 10.0. The van der Waals surface area contributed by atoms with Gasteiger partial charge in [0.1, 0.15) is 11.9 Å². The van der Waals surface area contributed by atoms with Gasteiger partial charge in [0.15, 0.2) is 11.0 Å². The summed E-state index contributed by atoms with van der Waals surface area (Å²) in [6.07, 6.45) is 6.16. The van der Waals surface area contributed by atoms with Gasteiger partial charge in [0, 0.05) is 23.6 Å². The standard InChI is InChI=1S/C27H28N4O3S/c32-23(18-9-3-1-4-10-18)17-35-27-29-21-14-8-7-13-20(21)25-30-26(34)22(31(25)27)15-16-24(33)28-19-11-5-2-6-12-19/h1,3-4,7-10,13-14,19,22H,2,5-6,11-12,15-17H2,(H,28,33). The highest BCUT2D eigenvalue weighted by molar-refractivity contribution is 8.14. The van der Waals surface area contributed by atoms with Gasteiger partial charge in [-0.05, 0) is 31.4 Å². The number of hydrogen-bond donors (Lipinski definition) is 1. The van der Waals surface area contributed by atoms with Crippen molar-refractivity contribution in [3.05, 3.63) is 65.7 Å². The third kappa shape index (κ3) is 5.22. The van der Waals surface area contributed by atoms with E-state index in [1.54, 1.807) is 12.1 Å². The van der Waals surface area contributed by atoms with E-state index < -0.39 is 6.04 Å². The summed E-state index contributed by atoms with van der Waals surface area (Å²) < 4.78 is 0. The number of rotatable bonds is 7. The second kappa shape index (κ2) is 10.6. The molecule has 0 bridgehead atoms. The third-order valence-corrected chi connectivity index (χ3v) is 7.60. The first kappa shape index (κ1) is 23.5. The minimum atomic E-state index is -0.603. The van der Waals surface area contributed by atoms with Crippen LogP contribution in [0.25, 0.3) is 0 Å². The van der Waals surface area contributed by atoms with E-state index in [-0.39, 0.29) is 35.8 Å². The lowest BCUT2D eigenvalue weighted by Crippen LogP contribution is -2.44. The molecule has 1 aliphatic carbocycles. The van der Waals surface area contributed by atoms with Crippen molar-refractivity contribution in [2.45, 2.75) is 57.0 Å². The molecule has 2 aromatic carbocycles. The molecule has 2 heterocycles. The molecule has 0 aromatic heterocycles. The molecule has 0 radical (unpaired) electrons. The quantitative estimate of drug-likeness (QED) is 0.580. The number of amidine groups is 2. The van der Waals surface area contributed by atoms with Crippen molar-refractivity contribution in [2.75, 3.05) is 5.75 Å². The van der Waals surface area contributed by atoms with Gasteiger partial charge in [-0.2, -0.15) is 4.99 Å². The zero-order chi connectivity index (χ0) is 24.2. The van der Waals surface area contributed by atoms with Crippen LogP contribution >= 0.6 is 11.8 Å². The van der Waals surface area contributed by atoms with Gasteiger partial charge in [0.25, 0.3) is 5.91 Å². The third-order valence-electron chi connectivity index (χ3n) is 6.65. The molecule has 180 valence electrons. The highest BCUT2D eigenvalue weighted by atomic mass is 32.2. The number of carbonyl (C=O) groups excluding carboxylic acids is 3. The Balaban J connectivity index is 1.31. The summed E-state index contributed by atoms with van der Waals surface area (Å²) in [5.41, 5.74) is 2.15. The molecule has 5 rings (SSSR count). The Morgan fingerprint density at radius 1 is 0.971 bits per heavy atom. The molecule has 3 aliphatic rings. The molecule has 2 aromatic rings. The van der Waals surface area contributed by atoms with Crippen LogP contribution in [-0.2, 0) is 9.59 Å². The van der Waals surface area contributed by atoms with Crippen molar-refractivity contribution >= 4 is 46.1 Å². The number of Topliss-reactive ketones (excluding diaryl/α,β-unsaturated/α-hetero) is 1. The zero-order valence-electron chi connectivity index (χ0n) is 19.5. The van der Waals surface area contributed by atoms with Crippen molar-refractivity contribution < 1.29 is 14.4 Å². The van der Waals surface area contributed by atoms with E-state index in [1.807, 2.05) is 47.4 Å². The van der Waals surface area contributed by atoms with E-state index in [0.29, 0.717) is 23.0 Å². The van der Waals surface area contributed by atoms with Crippen LogP contribution in [0.3, 0.4) is 0 Å². The van der Waals surface area contributed by atoms with Gasteiger partial charge >= 0.3 is 0 Å². The molecule has 2 amide bonds. The molecule has 0 spiro atoms. The Kier molecular flexibility index (Phi) is 7.08. The maximum absolute atomic E-state index is 13.0. The molecule has 1 saturated carbocycles. The van der Waals surface area contributed by atoms with Crippen LogP contribution in [0.4, 0.5) is 5.69 Å². The maximum Gasteiger partial charge on any atom is 0.270 e. The van der Waals surface area contributed by atoms with Gasteiger partial charge in [0.2, 0.25) is 5.91 Å². The van der Waals surface area contributed by atoms with E-state index in [1.165, 1.54) is 18.2 Å². The van der Waals surface area contributed by atoms with E-state index in [2.05, 4.69) is 10.3 Å². The van der Waals surface area contributed by atoms with Gasteiger partial charge in [-0.25, -0.2) is 4.99 Å². The van der Waals surface area contributed by atoms with Crippen molar-refractivity contribution in [1.29, 1.82) is 0 Å². The Labute approximate surface area is 209 Å². The number of hydrogen-bond acceptors (Lipinski definition) is 6. The number of amides is 2. The maximum atomic E-state index is 13.0. The lowest BCUT2D eigenvalue weighted by molar-refractivity contribution is -0.123. The van der Waals surface area contributed by atoms with Crippen LogP contribution in [0, 0.1) is 0 Å². The number of benzene rings is 2. The number of fused-ring (bicyclic) bond motifs is 3. The van der Waals surface area contributed by atoms with Crippen LogP contribution in [-0.4, -0.2) is 51.3 Å². The van der Waals surface area contributed by atoms with Crippen LogP contribution in [0.2, 0.25) is 0 Å². The minimum Gasteiger partial charge on any atom is -0.353 e. The summed E-state index contributed by atoms with van der Waals surface area (Å²) in [4.78, 5) is 49.3. The second-order valence-electron chi connectivity index (χ2n) is 9.09. The minimum absolute atomic E-state index is 0.00965. The molecule has 7 nitrogen and oxygen atoms in total. The van der Waals surface area contributed by atoms with Crippen LogP contribution in [0.5, 0.6) is 0 Å². The highest BCUT2D eigenvalue weighted by Crippen LogP contribution is 2.35. The van der Waals surface area contributed by atoms with Gasteiger partial charge < -0.3 is 5.32 Å². The smallest absolute Gasteiger partial charge is 0.270 e. The summed E-state index contributed by atoms with van der Waals surface area (Å²) in [7, 11) is 0. The topological polar surface area (TPSA) is 91.2 Å². The number of carbonyl (C=O) groups is 3. The molecule has 1 N–H and O–H groups in total. The van der Waals surface area contributed by atoms with Gasteiger partial charge in [-0.1, -0.05) is 73.5 Å². The molecular formula is C27H28N4O3S. The summed E-state index contributed by atoms with van der Waals surface area (Å²) >= 11 is 1.30. The molecule has 2 aliphatic heterocycles. The first-order valence-corrected chi connectivity index (χ1v) is 13.2. The van der Waals surface area contributed by atoms with Gasteiger partial charge in [-0.3, -0.25) is 19.3 Å². The fourth-order valence-electron chi connectivity index (χ4n) is 4.83. The Hall–Kier alpha value is -3.26. The molecule has 1 atom stereocenters. The first-order chi connectivity index (χ1) is 17.1. The Morgan fingerprint density at radius 2 is 1.71 bits per heavy atom. The zero-order valence-corrected chi connectivity index (χ0v) is 20.3. The number of nitrogens with zero attached hydrogens (tertiary/aromatic N) is 3. The predicted octanol–water partition coefficient (Wildman–Crippen LogP) is 4.49. The molecule has 0 saturated heterocycles. The Bertz CT molecular complexity index is 1190. The average molecular weight is 489 g/mol. The number of thioether (sulfide) groups is 1. The van der Waals surface area contributed by atoms with E-state index in [0.717, 1.165) is 36.9 Å². The first-order valence-electron chi connectivity index (χ1n) is 12.2. The summed E-state index contributed by atoms with van der Waals surface area (Å²) in [6, 6.07) is 16.3. The molecule has 1 unspecified atom stereocenters. The van der Waals surface area contributed by atoms with E-state index in [9.17, 15) is 14.4 Å². The Morgan fingerprint density at radius 3 is 2.51 bits per heavy atom.